The van der Waals surface area contributed by atoms with Gasteiger partial charge in [0.25, 0.3) is 5.91 Å². The third kappa shape index (κ3) is 5.30. The van der Waals surface area contributed by atoms with Crippen molar-refractivity contribution in [3.8, 4) is 11.8 Å². The van der Waals surface area contributed by atoms with Crippen molar-refractivity contribution in [3.05, 3.63) is 71.3 Å². The van der Waals surface area contributed by atoms with Crippen LogP contribution >= 0.6 is 0 Å². The third-order valence-electron chi connectivity index (χ3n) is 6.31. The minimum Gasteiger partial charge on any atom is -0.378 e. The molecule has 2 aromatic rings. The van der Waals surface area contributed by atoms with E-state index in [9.17, 15) is 9.90 Å². The highest BCUT2D eigenvalue weighted by Gasteiger charge is 2.27. The Bertz CT molecular complexity index is 898. The van der Waals surface area contributed by atoms with E-state index in [4.69, 9.17) is 0 Å². The fourth-order valence-corrected chi connectivity index (χ4v) is 4.42. The molecule has 1 saturated carbocycles. The summed E-state index contributed by atoms with van der Waals surface area (Å²) in [6.07, 6.45) is 4.78. The summed E-state index contributed by atoms with van der Waals surface area (Å²) in [6, 6.07) is 18.1. The number of rotatable bonds is 3. The van der Waals surface area contributed by atoms with Crippen molar-refractivity contribution < 1.29 is 14.8 Å². The van der Waals surface area contributed by atoms with Gasteiger partial charge in [0.05, 0.1) is 26.2 Å². The zero-order valence-electron chi connectivity index (χ0n) is 17.6. The average Bonchev–Trinajstić information content (AvgIpc) is 2.79. The highest BCUT2D eigenvalue weighted by molar-refractivity contribution is 5.94. The summed E-state index contributed by atoms with van der Waals surface area (Å²) in [5, 5.41) is 10.5. The minimum absolute atomic E-state index is 0.0965. The van der Waals surface area contributed by atoms with Gasteiger partial charge in [0, 0.05) is 16.7 Å². The average molecular weight is 404 g/mol. The van der Waals surface area contributed by atoms with Crippen LogP contribution in [0.25, 0.3) is 0 Å². The molecule has 1 saturated heterocycles. The number of hydrogen-bond donors (Lipinski definition) is 2. The molecule has 0 atom stereocenters. The lowest BCUT2D eigenvalue weighted by atomic mass is 9.85. The summed E-state index contributed by atoms with van der Waals surface area (Å²) in [5.41, 5.74) is 2.07. The molecule has 2 aromatic carbocycles. The fourth-order valence-electron chi connectivity index (χ4n) is 4.42. The Labute approximate surface area is 179 Å². The Morgan fingerprint density at radius 2 is 1.63 bits per heavy atom. The highest BCUT2D eigenvalue weighted by atomic mass is 16.3. The van der Waals surface area contributed by atoms with Crippen LogP contribution in [0.3, 0.4) is 0 Å². The lowest BCUT2D eigenvalue weighted by molar-refractivity contribution is -0.917. The molecule has 4 heteroatoms. The van der Waals surface area contributed by atoms with Crippen molar-refractivity contribution in [3.63, 3.8) is 0 Å². The van der Waals surface area contributed by atoms with E-state index in [1.165, 1.54) is 16.9 Å². The second-order valence-electron chi connectivity index (χ2n) is 8.62. The van der Waals surface area contributed by atoms with Crippen LogP contribution in [0.5, 0.6) is 0 Å². The lowest BCUT2D eigenvalue weighted by Crippen LogP contribution is -3.13. The Balaban J connectivity index is 1.31. The van der Waals surface area contributed by atoms with Crippen molar-refractivity contribution in [1.82, 2.24) is 4.90 Å². The highest BCUT2D eigenvalue weighted by Crippen LogP contribution is 2.27. The van der Waals surface area contributed by atoms with Crippen LogP contribution < -0.4 is 4.90 Å². The predicted octanol–water partition coefficient (Wildman–Crippen LogP) is 2.27. The number of benzene rings is 2. The molecule has 2 aliphatic rings. The Hall–Kier alpha value is -2.61. The van der Waals surface area contributed by atoms with E-state index in [0.717, 1.165) is 64.0 Å². The van der Waals surface area contributed by atoms with E-state index in [1.807, 2.05) is 35.2 Å². The largest absolute Gasteiger partial charge is 0.378 e. The Morgan fingerprint density at radius 3 is 2.30 bits per heavy atom. The van der Waals surface area contributed by atoms with Crippen LogP contribution in [0, 0.1) is 11.8 Å². The maximum atomic E-state index is 12.9. The van der Waals surface area contributed by atoms with Crippen LogP contribution in [0.2, 0.25) is 0 Å². The van der Waals surface area contributed by atoms with E-state index < -0.39 is 5.60 Å². The maximum absolute atomic E-state index is 12.9. The van der Waals surface area contributed by atoms with Gasteiger partial charge in [-0.3, -0.25) is 4.79 Å². The molecule has 30 heavy (non-hydrogen) atoms. The minimum atomic E-state index is -0.839. The summed E-state index contributed by atoms with van der Waals surface area (Å²) >= 11 is 0. The van der Waals surface area contributed by atoms with Gasteiger partial charge in [-0.05, 0) is 49.9 Å². The number of amides is 1. The van der Waals surface area contributed by atoms with E-state index in [-0.39, 0.29) is 5.91 Å². The van der Waals surface area contributed by atoms with Crippen molar-refractivity contribution in [1.29, 1.82) is 0 Å². The number of carbonyl (C=O) groups is 1. The number of hydrogen-bond acceptors (Lipinski definition) is 2. The molecule has 2 fully saturated rings. The third-order valence-corrected chi connectivity index (χ3v) is 6.31. The van der Waals surface area contributed by atoms with Gasteiger partial charge in [0.1, 0.15) is 12.1 Å². The number of nitrogens with one attached hydrogen (secondary N) is 1. The van der Waals surface area contributed by atoms with Crippen molar-refractivity contribution in [2.24, 2.45) is 0 Å². The molecular formula is C26H31N2O2+. The van der Waals surface area contributed by atoms with Gasteiger partial charge in [-0.25, -0.2) is 0 Å². The van der Waals surface area contributed by atoms with Crippen molar-refractivity contribution in [2.45, 2.75) is 44.2 Å². The monoisotopic (exact) mass is 403 g/mol. The van der Waals surface area contributed by atoms with Crippen LogP contribution in [-0.4, -0.2) is 47.7 Å². The molecule has 0 unspecified atom stereocenters. The smallest absolute Gasteiger partial charge is 0.254 e. The number of carbonyl (C=O) groups excluding carboxylic acids is 1. The van der Waals surface area contributed by atoms with Gasteiger partial charge in [-0.1, -0.05) is 48.6 Å². The molecule has 4 nitrogen and oxygen atoms in total. The summed E-state index contributed by atoms with van der Waals surface area (Å²) in [4.78, 5) is 16.4. The summed E-state index contributed by atoms with van der Waals surface area (Å²) in [7, 11) is 0. The first-order chi connectivity index (χ1) is 14.6. The number of nitrogens with zero attached hydrogens (tertiary/aromatic N) is 1. The molecule has 0 radical (unpaired) electrons. The van der Waals surface area contributed by atoms with Gasteiger partial charge in [-0.15, -0.1) is 0 Å². The normalized spacial score (nSPS) is 19.0. The van der Waals surface area contributed by atoms with E-state index in [2.05, 4.69) is 36.1 Å². The summed E-state index contributed by atoms with van der Waals surface area (Å²) in [5.74, 6) is 6.26. The predicted molar refractivity (Wildman–Crippen MR) is 118 cm³/mol. The molecule has 1 amide bonds. The second-order valence-corrected chi connectivity index (χ2v) is 8.62. The number of piperazine rings is 1. The molecule has 2 N–H and O–H groups in total. The Kier molecular flexibility index (Phi) is 6.52. The number of aliphatic hydroxyl groups is 1. The zero-order chi connectivity index (χ0) is 20.8. The van der Waals surface area contributed by atoms with Crippen LogP contribution in [0.1, 0.15) is 53.6 Å². The van der Waals surface area contributed by atoms with Gasteiger partial charge >= 0.3 is 0 Å². The first-order valence-electron chi connectivity index (χ1n) is 11.1. The van der Waals surface area contributed by atoms with Crippen molar-refractivity contribution >= 4 is 5.91 Å². The number of quaternary nitrogens is 1. The lowest BCUT2D eigenvalue weighted by Gasteiger charge is -2.32. The van der Waals surface area contributed by atoms with Crippen LogP contribution in [0.4, 0.5) is 0 Å². The topological polar surface area (TPSA) is 45.0 Å². The molecule has 0 aromatic heterocycles. The molecule has 1 aliphatic carbocycles. The van der Waals surface area contributed by atoms with Gasteiger partial charge < -0.3 is 14.9 Å². The van der Waals surface area contributed by atoms with Gasteiger partial charge in [-0.2, -0.15) is 0 Å². The second kappa shape index (κ2) is 9.47. The fraction of sp³-hybridized carbons (Fsp3) is 0.423. The molecule has 1 heterocycles. The molecule has 1 aliphatic heterocycles. The first kappa shape index (κ1) is 20.7. The van der Waals surface area contributed by atoms with E-state index in [1.54, 1.807) is 0 Å². The maximum Gasteiger partial charge on any atom is 0.254 e. The SMILES string of the molecule is O=C(c1ccc(C#CC2(O)CCCCC2)cc1)N1CC[NH+](Cc2ccccc2)CC1. The van der Waals surface area contributed by atoms with Crippen LogP contribution in [-0.2, 0) is 6.54 Å². The standard InChI is InChI=1S/C26H30N2O2/c29-25(28-19-17-27(18-20-28)21-23-7-3-1-4-8-23)24-11-9-22(10-12-24)13-16-26(30)14-5-2-6-15-26/h1,3-4,7-12,30H,2,5-6,14-15,17-21H2/p+1. The molecule has 0 spiro atoms. The first-order valence-corrected chi connectivity index (χ1v) is 11.1. The molecule has 4 rings (SSSR count). The zero-order valence-corrected chi connectivity index (χ0v) is 17.6. The van der Waals surface area contributed by atoms with Crippen molar-refractivity contribution in [2.75, 3.05) is 26.2 Å². The van der Waals surface area contributed by atoms with Gasteiger partial charge in [0.15, 0.2) is 0 Å². The van der Waals surface area contributed by atoms with E-state index in [0.29, 0.717) is 5.56 Å². The van der Waals surface area contributed by atoms with Crippen LogP contribution in [0.15, 0.2) is 54.6 Å². The summed E-state index contributed by atoms with van der Waals surface area (Å²) in [6.45, 7) is 4.54. The molecular weight excluding hydrogens is 372 g/mol. The molecule has 156 valence electrons. The van der Waals surface area contributed by atoms with Gasteiger partial charge in [0.2, 0.25) is 0 Å². The quantitative estimate of drug-likeness (QED) is 0.773. The summed E-state index contributed by atoms with van der Waals surface area (Å²) < 4.78 is 0. The Morgan fingerprint density at radius 1 is 0.967 bits per heavy atom. The molecule has 0 bridgehead atoms. The van der Waals surface area contributed by atoms with E-state index >= 15 is 0 Å².